The molecule has 3 N–H and O–H groups in total. The zero-order chi connectivity index (χ0) is 23.3. The molecule has 0 spiro atoms. The van der Waals surface area contributed by atoms with Crippen molar-refractivity contribution in [1.29, 1.82) is 0 Å². The van der Waals surface area contributed by atoms with Gasteiger partial charge >= 0.3 is 11.8 Å². The third-order valence-electron chi connectivity index (χ3n) is 4.39. The van der Waals surface area contributed by atoms with Crippen molar-refractivity contribution in [1.82, 2.24) is 10.7 Å². The van der Waals surface area contributed by atoms with Crippen LogP contribution in [0.4, 0.5) is 5.69 Å². The van der Waals surface area contributed by atoms with E-state index >= 15 is 0 Å². The van der Waals surface area contributed by atoms with Crippen molar-refractivity contribution in [3.8, 4) is 5.75 Å². The van der Waals surface area contributed by atoms with E-state index in [0.29, 0.717) is 30.9 Å². The standard InChI is InChI=1S/C23H28N4O5/c1-16-6-4-7-17(2)21(16)26-20(28)15-32-19-10-8-18(9-11-19)14-25-27-23(30)22(29)24-12-5-13-31-3/h4,6-11,14H,5,12-13,15H2,1-3H3,(H,24,29)(H,26,28)(H,27,30)/b25-14-. The second kappa shape index (κ2) is 12.9. The minimum atomic E-state index is -0.853. The molecule has 0 radical (unpaired) electrons. The first-order valence-electron chi connectivity index (χ1n) is 10.1. The lowest BCUT2D eigenvalue weighted by atomic mass is 10.1. The number of nitrogens with one attached hydrogen (secondary N) is 3. The number of methoxy groups -OCH3 is 1. The highest BCUT2D eigenvalue weighted by atomic mass is 16.5. The van der Waals surface area contributed by atoms with Crippen LogP contribution in [0.2, 0.25) is 0 Å². The van der Waals surface area contributed by atoms with Gasteiger partial charge < -0.3 is 20.1 Å². The van der Waals surface area contributed by atoms with Crippen LogP contribution in [0.15, 0.2) is 47.6 Å². The lowest BCUT2D eigenvalue weighted by molar-refractivity contribution is -0.139. The van der Waals surface area contributed by atoms with Gasteiger partial charge in [-0.25, -0.2) is 5.43 Å². The molecule has 9 nitrogen and oxygen atoms in total. The van der Waals surface area contributed by atoms with E-state index < -0.39 is 11.8 Å². The van der Waals surface area contributed by atoms with Crippen molar-refractivity contribution < 1.29 is 23.9 Å². The van der Waals surface area contributed by atoms with Gasteiger partial charge in [0.15, 0.2) is 6.61 Å². The summed E-state index contributed by atoms with van der Waals surface area (Å²) in [5, 5.41) is 9.09. The molecule has 0 atom stereocenters. The summed E-state index contributed by atoms with van der Waals surface area (Å²) in [6.45, 7) is 4.57. The third-order valence-corrected chi connectivity index (χ3v) is 4.39. The number of aryl methyl sites for hydroxylation is 2. The average molecular weight is 441 g/mol. The predicted octanol–water partition coefficient (Wildman–Crippen LogP) is 1.92. The highest BCUT2D eigenvalue weighted by molar-refractivity contribution is 6.35. The summed E-state index contributed by atoms with van der Waals surface area (Å²) < 4.78 is 10.4. The first-order valence-corrected chi connectivity index (χ1v) is 10.1. The average Bonchev–Trinajstić information content (AvgIpc) is 2.78. The lowest BCUT2D eigenvalue weighted by Crippen LogP contribution is -2.38. The molecule has 2 rings (SSSR count). The molecule has 0 aliphatic rings. The molecule has 0 heterocycles. The molecule has 0 aliphatic heterocycles. The Labute approximate surface area is 187 Å². The molecular weight excluding hydrogens is 412 g/mol. The topological polar surface area (TPSA) is 118 Å². The van der Waals surface area contributed by atoms with Gasteiger partial charge in [0.1, 0.15) is 5.75 Å². The molecular formula is C23H28N4O5. The summed E-state index contributed by atoms with van der Waals surface area (Å²) in [4.78, 5) is 35.4. The van der Waals surface area contributed by atoms with Crippen molar-refractivity contribution in [2.75, 3.05) is 32.2 Å². The fraction of sp³-hybridized carbons (Fsp3) is 0.304. The van der Waals surface area contributed by atoms with Gasteiger partial charge in [0.25, 0.3) is 5.91 Å². The Balaban J connectivity index is 1.76. The van der Waals surface area contributed by atoms with Crippen molar-refractivity contribution in [3.05, 3.63) is 59.2 Å². The number of hydrogen-bond donors (Lipinski definition) is 3. The molecule has 9 heteroatoms. The summed E-state index contributed by atoms with van der Waals surface area (Å²) in [5.41, 5.74) is 5.60. The Hall–Kier alpha value is -3.72. The number of hydrazone groups is 1. The summed E-state index contributed by atoms with van der Waals surface area (Å²) in [5.74, 6) is -1.36. The third kappa shape index (κ3) is 8.19. The highest BCUT2D eigenvalue weighted by Gasteiger charge is 2.11. The van der Waals surface area contributed by atoms with E-state index in [0.717, 1.165) is 16.8 Å². The Morgan fingerprint density at radius 2 is 1.69 bits per heavy atom. The van der Waals surface area contributed by atoms with E-state index in [9.17, 15) is 14.4 Å². The fourth-order valence-corrected chi connectivity index (χ4v) is 2.70. The van der Waals surface area contributed by atoms with Crippen molar-refractivity contribution in [2.45, 2.75) is 20.3 Å². The number of amides is 3. The van der Waals surface area contributed by atoms with E-state index in [1.54, 1.807) is 31.4 Å². The first kappa shape index (κ1) is 24.5. The zero-order valence-corrected chi connectivity index (χ0v) is 18.4. The van der Waals surface area contributed by atoms with Crippen LogP contribution in [0.3, 0.4) is 0 Å². The molecule has 3 amide bonds. The number of anilines is 1. The number of carbonyl (C=O) groups excluding carboxylic acids is 3. The highest BCUT2D eigenvalue weighted by Crippen LogP contribution is 2.19. The Kier molecular flexibility index (Phi) is 9.86. The van der Waals surface area contributed by atoms with Gasteiger partial charge in [0.05, 0.1) is 6.21 Å². The maximum Gasteiger partial charge on any atom is 0.329 e. The monoisotopic (exact) mass is 440 g/mol. The molecule has 2 aromatic carbocycles. The maximum atomic E-state index is 12.2. The summed E-state index contributed by atoms with van der Waals surface area (Å²) in [7, 11) is 1.56. The minimum Gasteiger partial charge on any atom is -0.484 e. The zero-order valence-electron chi connectivity index (χ0n) is 18.4. The molecule has 32 heavy (non-hydrogen) atoms. The van der Waals surface area contributed by atoms with Crippen LogP contribution in [-0.4, -0.2) is 50.8 Å². The molecule has 0 aromatic heterocycles. The van der Waals surface area contributed by atoms with Crippen molar-refractivity contribution in [3.63, 3.8) is 0 Å². The molecule has 0 saturated carbocycles. The van der Waals surface area contributed by atoms with Gasteiger partial charge in [-0.15, -0.1) is 0 Å². The summed E-state index contributed by atoms with van der Waals surface area (Å²) in [6, 6.07) is 12.6. The second-order valence-electron chi connectivity index (χ2n) is 6.97. The van der Waals surface area contributed by atoms with Crippen LogP contribution in [0, 0.1) is 13.8 Å². The predicted molar refractivity (Wildman–Crippen MR) is 122 cm³/mol. The van der Waals surface area contributed by atoms with Gasteiger partial charge in [0, 0.05) is 25.9 Å². The van der Waals surface area contributed by atoms with Crippen molar-refractivity contribution in [2.24, 2.45) is 5.10 Å². The molecule has 0 aliphatic carbocycles. The smallest absolute Gasteiger partial charge is 0.329 e. The van der Waals surface area contributed by atoms with Crippen LogP contribution in [-0.2, 0) is 19.1 Å². The Morgan fingerprint density at radius 3 is 2.34 bits per heavy atom. The van der Waals surface area contributed by atoms with E-state index in [-0.39, 0.29) is 12.5 Å². The van der Waals surface area contributed by atoms with Crippen molar-refractivity contribution >= 4 is 29.6 Å². The number of para-hydroxylation sites is 1. The van der Waals surface area contributed by atoms with Crippen LogP contribution in [0.25, 0.3) is 0 Å². The second-order valence-corrected chi connectivity index (χ2v) is 6.97. The fourth-order valence-electron chi connectivity index (χ4n) is 2.70. The number of carbonyl (C=O) groups is 3. The summed E-state index contributed by atoms with van der Waals surface area (Å²) >= 11 is 0. The lowest BCUT2D eigenvalue weighted by Gasteiger charge is -2.12. The number of nitrogens with zero attached hydrogens (tertiary/aromatic N) is 1. The van der Waals surface area contributed by atoms with Crippen LogP contribution < -0.4 is 20.8 Å². The quantitative estimate of drug-likeness (QED) is 0.226. The van der Waals surface area contributed by atoms with Gasteiger partial charge in [-0.2, -0.15) is 5.10 Å². The molecule has 170 valence electrons. The van der Waals surface area contributed by atoms with Gasteiger partial charge in [-0.1, -0.05) is 18.2 Å². The number of ether oxygens (including phenoxy) is 2. The molecule has 0 unspecified atom stereocenters. The minimum absolute atomic E-state index is 0.128. The maximum absolute atomic E-state index is 12.2. The molecule has 0 saturated heterocycles. The number of hydrogen-bond acceptors (Lipinski definition) is 6. The number of benzene rings is 2. The van der Waals surface area contributed by atoms with Crippen LogP contribution in [0.1, 0.15) is 23.1 Å². The van der Waals surface area contributed by atoms with Crippen LogP contribution >= 0.6 is 0 Å². The summed E-state index contributed by atoms with van der Waals surface area (Å²) in [6.07, 6.45) is 2.01. The first-order chi connectivity index (χ1) is 15.4. The normalized spacial score (nSPS) is 10.6. The Bertz CT molecular complexity index is 937. The van der Waals surface area contributed by atoms with E-state index in [4.69, 9.17) is 9.47 Å². The van der Waals surface area contributed by atoms with E-state index in [2.05, 4.69) is 21.2 Å². The number of rotatable bonds is 10. The Morgan fingerprint density at radius 1 is 1.00 bits per heavy atom. The van der Waals surface area contributed by atoms with Gasteiger partial charge in [-0.3, -0.25) is 14.4 Å². The largest absolute Gasteiger partial charge is 0.484 e. The van der Waals surface area contributed by atoms with Gasteiger partial charge in [-0.05, 0) is 61.2 Å². The van der Waals surface area contributed by atoms with E-state index in [1.165, 1.54) is 6.21 Å². The molecule has 2 aromatic rings. The van der Waals surface area contributed by atoms with Crippen LogP contribution in [0.5, 0.6) is 5.75 Å². The van der Waals surface area contributed by atoms with Gasteiger partial charge in [0.2, 0.25) is 0 Å². The molecule has 0 bridgehead atoms. The molecule has 0 fully saturated rings. The van der Waals surface area contributed by atoms with E-state index in [1.807, 2.05) is 32.0 Å². The SMILES string of the molecule is COCCCNC(=O)C(=O)N/N=C\c1ccc(OCC(=O)Nc2c(C)cccc2C)cc1.